The van der Waals surface area contributed by atoms with Crippen molar-refractivity contribution in [3.63, 3.8) is 0 Å². The lowest BCUT2D eigenvalue weighted by atomic mass is 10.1. The van der Waals surface area contributed by atoms with Crippen LogP contribution in [0.15, 0.2) is 30.3 Å². The maximum Gasteiger partial charge on any atom is 0.328 e. The van der Waals surface area contributed by atoms with Gasteiger partial charge >= 0.3 is 5.97 Å². The van der Waals surface area contributed by atoms with E-state index in [4.69, 9.17) is 10.8 Å². The maximum absolute atomic E-state index is 12.3. The number of amides is 2. The van der Waals surface area contributed by atoms with Gasteiger partial charge in [0.2, 0.25) is 5.91 Å². The zero-order valence-corrected chi connectivity index (χ0v) is 11.4. The minimum Gasteiger partial charge on any atom is -0.478 e. The van der Waals surface area contributed by atoms with Gasteiger partial charge in [0.25, 0.3) is 5.91 Å². The monoisotopic (exact) mass is 288 g/mol. The molecule has 2 rings (SSSR count). The second-order valence-corrected chi connectivity index (χ2v) is 4.93. The number of hydrogen-bond acceptors (Lipinski definition) is 3. The van der Waals surface area contributed by atoms with Gasteiger partial charge in [-0.3, -0.25) is 9.59 Å². The van der Waals surface area contributed by atoms with Crippen LogP contribution in [-0.2, 0) is 9.59 Å². The first kappa shape index (κ1) is 14.8. The summed E-state index contributed by atoms with van der Waals surface area (Å²) < 4.78 is 0. The first-order chi connectivity index (χ1) is 9.97. The van der Waals surface area contributed by atoms with Crippen LogP contribution in [0.5, 0.6) is 0 Å². The Balaban J connectivity index is 2.04. The summed E-state index contributed by atoms with van der Waals surface area (Å²) in [5.41, 5.74) is 6.45. The summed E-state index contributed by atoms with van der Waals surface area (Å²) in [4.78, 5) is 35.4. The number of likely N-dealkylation sites (tertiary alicyclic amines) is 1. The van der Waals surface area contributed by atoms with Crippen molar-refractivity contribution in [2.45, 2.75) is 6.42 Å². The first-order valence-corrected chi connectivity index (χ1v) is 6.57. The molecule has 21 heavy (non-hydrogen) atoms. The largest absolute Gasteiger partial charge is 0.478 e. The number of carboxylic acids is 1. The minimum absolute atomic E-state index is 0.146. The molecular formula is C15H16N2O4. The van der Waals surface area contributed by atoms with Crippen molar-refractivity contribution in [2.24, 2.45) is 11.7 Å². The third-order valence-corrected chi connectivity index (χ3v) is 3.45. The van der Waals surface area contributed by atoms with E-state index in [1.54, 1.807) is 29.2 Å². The number of nitrogens with zero attached hydrogens (tertiary/aromatic N) is 1. The van der Waals surface area contributed by atoms with Crippen molar-refractivity contribution < 1.29 is 19.5 Å². The average Bonchev–Trinajstić information content (AvgIpc) is 2.95. The Hall–Kier alpha value is -2.63. The fourth-order valence-corrected chi connectivity index (χ4v) is 2.26. The lowest BCUT2D eigenvalue weighted by Gasteiger charge is -2.16. The summed E-state index contributed by atoms with van der Waals surface area (Å²) in [5, 5.41) is 8.55. The number of benzene rings is 1. The highest BCUT2D eigenvalue weighted by Crippen LogP contribution is 2.18. The average molecular weight is 288 g/mol. The Morgan fingerprint density at radius 1 is 1.24 bits per heavy atom. The fraction of sp³-hybridized carbons (Fsp3) is 0.267. The third kappa shape index (κ3) is 3.68. The molecule has 6 nitrogen and oxygen atoms in total. The van der Waals surface area contributed by atoms with Crippen molar-refractivity contribution in [1.29, 1.82) is 0 Å². The topological polar surface area (TPSA) is 101 Å². The molecule has 1 aromatic carbocycles. The van der Waals surface area contributed by atoms with Gasteiger partial charge in [0, 0.05) is 24.7 Å². The molecule has 1 heterocycles. The predicted octanol–water partition coefficient (Wildman–Crippen LogP) is 0.732. The van der Waals surface area contributed by atoms with E-state index in [1.165, 1.54) is 6.08 Å². The van der Waals surface area contributed by atoms with Crippen LogP contribution in [0.3, 0.4) is 0 Å². The molecule has 1 aliphatic heterocycles. The van der Waals surface area contributed by atoms with Crippen LogP contribution in [-0.4, -0.2) is 40.9 Å². The van der Waals surface area contributed by atoms with E-state index in [9.17, 15) is 14.4 Å². The molecule has 0 saturated carbocycles. The summed E-state index contributed by atoms with van der Waals surface area (Å²) in [5.74, 6) is -1.82. The number of carbonyl (C=O) groups excluding carboxylic acids is 2. The highest BCUT2D eigenvalue weighted by molar-refractivity contribution is 5.95. The molecule has 6 heteroatoms. The molecule has 1 atom stereocenters. The zero-order chi connectivity index (χ0) is 15.4. The molecule has 1 aromatic rings. The van der Waals surface area contributed by atoms with Crippen LogP contribution in [0.25, 0.3) is 6.08 Å². The van der Waals surface area contributed by atoms with Crippen LogP contribution in [0.2, 0.25) is 0 Å². The van der Waals surface area contributed by atoms with Gasteiger partial charge < -0.3 is 15.7 Å². The zero-order valence-electron chi connectivity index (χ0n) is 11.4. The van der Waals surface area contributed by atoms with E-state index in [2.05, 4.69) is 0 Å². The van der Waals surface area contributed by atoms with E-state index in [-0.39, 0.29) is 17.7 Å². The van der Waals surface area contributed by atoms with Gasteiger partial charge in [-0.05, 0) is 30.2 Å². The highest BCUT2D eigenvalue weighted by atomic mass is 16.4. The van der Waals surface area contributed by atoms with Gasteiger partial charge in [0.05, 0.1) is 5.92 Å². The van der Waals surface area contributed by atoms with Crippen LogP contribution >= 0.6 is 0 Å². The van der Waals surface area contributed by atoms with Gasteiger partial charge in [-0.15, -0.1) is 0 Å². The summed E-state index contributed by atoms with van der Waals surface area (Å²) in [7, 11) is 0. The van der Waals surface area contributed by atoms with Crippen molar-refractivity contribution in [3.05, 3.63) is 41.5 Å². The normalized spacial score (nSPS) is 18.1. The van der Waals surface area contributed by atoms with Crippen molar-refractivity contribution >= 4 is 23.9 Å². The van der Waals surface area contributed by atoms with Gasteiger partial charge in [0.15, 0.2) is 0 Å². The third-order valence-electron chi connectivity index (χ3n) is 3.45. The quantitative estimate of drug-likeness (QED) is 0.797. The SMILES string of the molecule is NC(=O)C1CCN(C(=O)c2ccc(/C=C/C(=O)O)cc2)C1. The van der Waals surface area contributed by atoms with E-state index in [0.29, 0.717) is 30.6 Å². The van der Waals surface area contributed by atoms with E-state index in [1.807, 2.05) is 0 Å². The van der Waals surface area contributed by atoms with Gasteiger partial charge in [0.1, 0.15) is 0 Å². The second kappa shape index (κ2) is 6.21. The molecule has 2 amide bonds. The number of primary amides is 1. The van der Waals surface area contributed by atoms with E-state index < -0.39 is 5.97 Å². The molecule has 1 fully saturated rings. The molecule has 1 unspecified atom stereocenters. The molecular weight excluding hydrogens is 272 g/mol. The second-order valence-electron chi connectivity index (χ2n) is 4.93. The Bertz CT molecular complexity index is 592. The Kier molecular flexibility index (Phi) is 4.37. The smallest absolute Gasteiger partial charge is 0.328 e. The number of rotatable bonds is 4. The molecule has 0 radical (unpaired) electrons. The summed E-state index contributed by atoms with van der Waals surface area (Å²) in [6.45, 7) is 0.877. The Morgan fingerprint density at radius 3 is 2.43 bits per heavy atom. The maximum atomic E-state index is 12.3. The van der Waals surface area contributed by atoms with Crippen LogP contribution in [0.4, 0.5) is 0 Å². The number of hydrogen-bond donors (Lipinski definition) is 2. The van der Waals surface area contributed by atoms with Crippen molar-refractivity contribution in [3.8, 4) is 0 Å². The molecule has 3 N–H and O–H groups in total. The summed E-state index contributed by atoms with van der Waals surface area (Å²) >= 11 is 0. The van der Waals surface area contributed by atoms with Crippen molar-refractivity contribution in [1.82, 2.24) is 4.90 Å². The van der Waals surface area contributed by atoms with Crippen molar-refractivity contribution in [2.75, 3.05) is 13.1 Å². The number of aliphatic carboxylic acids is 1. The molecule has 0 aromatic heterocycles. The summed E-state index contributed by atoms with van der Waals surface area (Å²) in [6.07, 6.45) is 3.09. The van der Waals surface area contributed by atoms with Gasteiger partial charge in [-0.2, -0.15) is 0 Å². The Labute approximate surface area is 121 Å². The van der Waals surface area contributed by atoms with E-state index >= 15 is 0 Å². The first-order valence-electron chi connectivity index (χ1n) is 6.57. The van der Waals surface area contributed by atoms with Crippen LogP contribution in [0.1, 0.15) is 22.3 Å². The van der Waals surface area contributed by atoms with Crippen LogP contribution < -0.4 is 5.73 Å². The number of nitrogens with two attached hydrogens (primary N) is 1. The lowest BCUT2D eigenvalue weighted by Crippen LogP contribution is -2.31. The fourth-order valence-electron chi connectivity index (χ4n) is 2.26. The molecule has 110 valence electrons. The molecule has 1 aliphatic rings. The van der Waals surface area contributed by atoms with E-state index in [0.717, 1.165) is 6.08 Å². The number of carboxylic acid groups (broad SMARTS) is 1. The van der Waals surface area contributed by atoms with Gasteiger partial charge in [-0.1, -0.05) is 12.1 Å². The lowest BCUT2D eigenvalue weighted by molar-refractivity contribution is -0.131. The molecule has 0 aliphatic carbocycles. The number of carbonyl (C=O) groups is 3. The molecule has 0 bridgehead atoms. The molecule has 1 saturated heterocycles. The van der Waals surface area contributed by atoms with Crippen LogP contribution in [0, 0.1) is 5.92 Å². The predicted molar refractivity (Wildman–Crippen MR) is 76.3 cm³/mol. The summed E-state index contributed by atoms with van der Waals surface area (Å²) in [6, 6.07) is 6.63. The van der Waals surface area contributed by atoms with Gasteiger partial charge in [-0.25, -0.2) is 4.79 Å². The standard InChI is InChI=1S/C15H16N2O4/c16-14(20)12-7-8-17(9-12)15(21)11-4-1-10(2-5-11)3-6-13(18)19/h1-6,12H,7-9H2,(H2,16,20)(H,18,19)/b6-3+. The Morgan fingerprint density at radius 2 is 1.90 bits per heavy atom. The highest BCUT2D eigenvalue weighted by Gasteiger charge is 2.29. The molecule has 0 spiro atoms. The minimum atomic E-state index is -1.02.